The number of rotatable bonds is 6. The Labute approximate surface area is 129 Å². The van der Waals surface area contributed by atoms with Crippen molar-refractivity contribution in [1.82, 2.24) is 5.32 Å². The summed E-state index contributed by atoms with van der Waals surface area (Å²) in [6.45, 7) is 7.46. The summed E-state index contributed by atoms with van der Waals surface area (Å²) in [5, 5.41) is 3.50. The third-order valence-electron chi connectivity index (χ3n) is 4.95. The predicted octanol–water partition coefficient (Wildman–Crippen LogP) is 3.20. The zero-order valence-electron chi connectivity index (χ0n) is 13.9. The largest absolute Gasteiger partial charge is 0.384 e. The van der Waals surface area contributed by atoms with Gasteiger partial charge >= 0.3 is 0 Å². The maximum absolute atomic E-state index is 6.01. The summed E-state index contributed by atoms with van der Waals surface area (Å²) in [5.74, 6) is 1.07. The third kappa shape index (κ3) is 3.65. The monoisotopic (exact) mass is 291 g/mol. The smallest absolute Gasteiger partial charge is 0.0600 e. The maximum atomic E-state index is 6.01. The van der Waals surface area contributed by atoms with Crippen molar-refractivity contribution in [2.75, 3.05) is 20.8 Å². The maximum Gasteiger partial charge on any atom is 0.0600 e. The topological polar surface area (TPSA) is 30.5 Å². The molecule has 1 fully saturated rings. The number of hydrogen-bond acceptors (Lipinski definition) is 3. The molecule has 1 aromatic carbocycles. The lowest BCUT2D eigenvalue weighted by atomic mass is 9.80. The summed E-state index contributed by atoms with van der Waals surface area (Å²) >= 11 is 0. The Hall–Kier alpha value is -0.900. The molecule has 2 rings (SSSR count). The molecule has 0 spiro atoms. The summed E-state index contributed by atoms with van der Waals surface area (Å²) in [6.07, 6.45) is 1.60. The Bertz CT molecular complexity index is 431. The van der Waals surface area contributed by atoms with E-state index in [4.69, 9.17) is 9.47 Å². The number of benzene rings is 1. The van der Waals surface area contributed by atoms with E-state index >= 15 is 0 Å². The van der Waals surface area contributed by atoms with E-state index in [1.165, 1.54) is 11.1 Å². The summed E-state index contributed by atoms with van der Waals surface area (Å²) in [6, 6.07) is 9.26. The Balaban J connectivity index is 2.13. The predicted molar refractivity (Wildman–Crippen MR) is 86.5 cm³/mol. The van der Waals surface area contributed by atoms with Crippen molar-refractivity contribution in [2.24, 2.45) is 11.8 Å². The molecular weight excluding hydrogens is 262 g/mol. The molecule has 1 aliphatic rings. The molecule has 21 heavy (non-hydrogen) atoms. The van der Waals surface area contributed by atoms with E-state index in [-0.39, 0.29) is 0 Å². The molecule has 1 saturated heterocycles. The van der Waals surface area contributed by atoms with Gasteiger partial charge in [0.25, 0.3) is 0 Å². The molecule has 3 heteroatoms. The first kappa shape index (κ1) is 16.5. The van der Waals surface area contributed by atoms with Gasteiger partial charge in [-0.05, 0) is 44.4 Å². The first-order chi connectivity index (χ1) is 10.1. The van der Waals surface area contributed by atoms with Gasteiger partial charge in [-0.2, -0.15) is 0 Å². The second-order valence-electron chi connectivity index (χ2n) is 6.23. The van der Waals surface area contributed by atoms with Gasteiger partial charge in [-0.3, -0.25) is 0 Å². The zero-order chi connectivity index (χ0) is 15.4. The van der Waals surface area contributed by atoms with Gasteiger partial charge in [0, 0.05) is 19.1 Å². The molecule has 0 radical (unpaired) electrons. The van der Waals surface area contributed by atoms with Crippen LogP contribution >= 0.6 is 0 Å². The first-order valence-electron chi connectivity index (χ1n) is 7.99. The normalized spacial score (nSPS) is 30.5. The summed E-state index contributed by atoms with van der Waals surface area (Å²) in [5.41, 5.74) is 2.67. The van der Waals surface area contributed by atoms with E-state index < -0.39 is 0 Å². The van der Waals surface area contributed by atoms with Gasteiger partial charge in [0.15, 0.2) is 0 Å². The molecule has 1 heterocycles. The quantitative estimate of drug-likeness (QED) is 0.873. The lowest BCUT2D eigenvalue weighted by Gasteiger charge is -2.29. The van der Waals surface area contributed by atoms with Crippen LogP contribution in [0, 0.1) is 11.8 Å². The minimum Gasteiger partial charge on any atom is -0.384 e. The molecule has 118 valence electrons. The second-order valence-corrected chi connectivity index (χ2v) is 6.23. The van der Waals surface area contributed by atoms with Gasteiger partial charge in [0.2, 0.25) is 0 Å². The highest BCUT2D eigenvalue weighted by molar-refractivity contribution is 5.26. The van der Waals surface area contributed by atoms with E-state index in [1.54, 1.807) is 7.11 Å². The van der Waals surface area contributed by atoms with Crippen LogP contribution in [0.2, 0.25) is 0 Å². The molecule has 1 aliphatic heterocycles. The van der Waals surface area contributed by atoms with Gasteiger partial charge in [-0.1, -0.05) is 31.2 Å². The molecular formula is C18H29NO2. The van der Waals surface area contributed by atoms with Crippen molar-refractivity contribution < 1.29 is 9.47 Å². The van der Waals surface area contributed by atoms with E-state index in [2.05, 4.69) is 50.4 Å². The van der Waals surface area contributed by atoms with Gasteiger partial charge < -0.3 is 14.8 Å². The molecule has 0 bridgehead atoms. The Kier molecular flexibility index (Phi) is 5.80. The van der Waals surface area contributed by atoms with Crippen LogP contribution in [0.15, 0.2) is 24.3 Å². The standard InChI is InChI=1S/C18H29NO2/c1-12-13(2)21-14(3)17(12)18(19-4)16-8-6-15(7-9-16)10-11-20-5/h6-9,12-14,17-19H,10-11H2,1-5H3. The fourth-order valence-electron chi connectivity index (χ4n) is 3.56. The molecule has 0 amide bonds. The molecule has 3 nitrogen and oxygen atoms in total. The number of methoxy groups -OCH3 is 1. The lowest BCUT2D eigenvalue weighted by molar-refractivity contribution is 0.0478. The fraction of sp³-hybridized carbons (Fsp3) is 0.667. The van der Waals surface area contributed by atoms with Crippen LogP contribution < -0.4 is 5.32 Å². The van der Waals surface area contributed by atoms with Crippen molar-refractivity contribution in [2.45, 2.75) is 45.4 Å². The highest BCUT2D eigenvalue weighted by Gasteiger charge is 2.41. The van der Waals surface area contributed by atoms with Crippen LogP contribution in [0.5, 0.6) is 0 Å². The zero-order valence-corrected chi connectivity index (χ0v) is 13.9. The lowest BCUT2D eigenvalue weighted by Crippen LogP contribution is -2.33. The highest BCUT2D eigenvalue weighted by Crippen LogP contribution is 2.40. The van der Waals surface area contributed by atoms with Crippen LogP contribution in [0.4, 0.5) is 0 Å². The van der Waals surface area contributed by atoms with Crippen molar-refractivity contribution in [1.29, 1.82) is 0 Å². The minimum atomic E-state index is 0.292. The summed E-state index contributed by atoms with van der Waals surface area (Å²) in [7, 11) is 3.79. The first-order valence-corrected chi connectivity index (χ1v) is 7.99. The Morgan fingerprint density at radius 3 is 2.29 bits per heavy atom. The number of hydrogen-bond donors (Lipinski definition) is 1. The van der Waals surface area contributed by atoms with Crippen LogP contribution in [0.1, 0.15) is 37.9 Å². The molecule has 5 unspecified atom stereocenters. The molecule has 1 aromatic rings. The third-order valence-corrected chi connectivity index (χ3v) is 4.95. The fourth-order valence-corrected chi connectivity index (χ4v) is 3.56. The molecule has 0 aliphatic carbocycles. The van der Waals surface area contributed by atoms with Gasteiger partial charge in [0.05, 0.1) is 18.8 Å². The van der Waals surface area contributed by atoms with Crippen LogP contribution in [0.3, 0.4) is 0 Å². The molecule has 0 aromatic heterocycles. The molecule has 1 N–H and O–H groups in total. The van der Waals surface area contributed by atoms with Crippen molar-refractivity contribution in [3.8, 4) is 0 Å². The van der Waals surface area contributed by atoms with Crippen LogP contribution in [-0.4, -0.2) is 33.0 Å². The molecule has 0 saturated carbocycles. The average Bonchev–Trinajstić information content (AvgIpc) is 2.74. The second kappa shape index (κ2) is 7.39. The van der Waals surface area contributed by atoms with E-state index in [0.717, 1.165) is 13.0 Å². The minimum absolute atomic E-state index is 0.292. The van der Waals surface area contributed by atoms with Gasteiger partial charge in [-0.15, -0.1) is 0 Å². The molecule has 5 atom stereocenters. The van der Waals surface area contributed by atoms with Crippen molar-refractivity contribution >= 4 is 0 Å². The van der Waals surface area contributed by atoms with Crippen LogP contribution in [0.25, 0.3) is 0 Å². The van der Waals surface area contributed by atoms with E-state index in [1.807, 2.05) is 7.05 Å². The summed E-state index contributed by atoms with van der Waals surface area (Å²) < 4.78 is 11.1. The van der Waals surface area contributed by atoms with Crippen molar-refractivity contribution in [3.05, 3.63) is 35.4 Å². The van der Waals surface area contributed by atoms with E-state index in [9.17, 15) is 0 Å². The van der Waals surface area contributed by atoms with Crippen molar-refractivity contribution in [3.63, 3.8) is 0 Å². The Morgan fingerprint density at radius 1 is 1.14 bits per heavy atom. The SMILES string of the molecule is CNC(c1ccc(CCOC)cc1)C1C(C)OC(C)C1C. The Morgan fingerprint density at radius 2 is 1.81 bits per heavy atom. The van der Waals surface area contributed by atoms with Gasteiger partial charge in [0.1, 0.15) is 0 Å². The van der Waals surface area contributed by atoms with Crippen LogP contribution in [-0.2, 0) is 15.9 Å². The number of nitrogens with one attached hydrogen (secondary N) is 1. The number of ether oxygens (including phenoxy) is 2. The van der Waals surface area contributed by atoms with E-state index in [0.29, 0.717) is 30.1 Å². The highest BCUT2D eigenvalue weighted by atomic mass is 16.5. The van der Waals surface area contributed by atoms with Gasteiger partial charge in [-0.25, -0.2) is 0 Å². The average molecular weight is 291 g/mol. The summed E-state index contributed by atoms with van der Waals surface area (Å²) in [4.78, 5) is 0.